The van der Waals surface area contributed by atoms with Crippen molar-refractivity contribution in [2.45, 2.75) is 32.2 Å². The van der Waals surface area contributed by atoms with Crippen LogP contribution in [0, 0.1) is 0 Å². The van der Waals surface area contributed by atoms with E-state index in [1.807, 2.05) is 31.2 Å². The van der Waals surface area contributed by atoms with Crippen LogP contribution in [0.15, 0.2) is 24.3 Å². The van der Waals surface area contributed by atoms with Crippen molar-refractivity contribution in [1.29, 1.82) is 0 Å². The Morgan fingerprint density at radius 3 is 2.55 bits per heavy atom. The Hall–Kier alpha value is -1.39. The van der Waals surface area contributed by atoms with Gasteiger partial charge in [0.25, 0.3) is 0 Å². The summed E-state index contributed by atoms with van der Waals surface area (Å²) in [4.78, 5) is 14.4. The fraction of sp³-hybridized carbons (Fsp3) is 0.562. The molecular formula is C16H23NO3. The normalized spacial score (nSPS) is 15.2. The van der Waals surface area contributed by atoms with Crippen LogP contribution in [0.5, 0.6) is 5.75 Å². The highest BCUT2D eigenvalue weighted by atomic mass is 16.5. The molecule has 20 heavy (non-hydrogen) atoms. The highest BCUT2D eigenvalue weighted by molar-refractivity contribution is 5.97. The molecule has 0 saturated heterocycles. The van der Waals surface area contributed by atoms with E-state index in [-0.39, 0.29) is 12.4 Å². The van der Waals surface area contributed by atoms with Gasteiger partial charge in [0.1, 0.15) is 5.75 Å². The molecule has 0 amide bonds. The van der Waals surface area contributed by atoms with Crippen molar-refractivity contribution in [2.24, 2.45) is 0 Å². The molecule has 0 bridgehead atoms. The van der Waals surface area contributed by atoms with Gasteiger partial charge in [-0.15, -0.1) is 0 Å². The van der Waals surface area contributed by atoms with Crippen molar-refractivity contribution in [1.82, 2.24) is 4.90 Å². The zero-order valence-corrected chi connectivity index (χ0v) is 12.0. The fourth-order valence-corrected chi connectivity index (χ4v) is 2.45. The Bertz CT molecular complexity index is 426. The molecule has 0 spiro atoms. The Balaban J connectivity index is 1.94. The van der Waals surface area contributed by atoms with E-state index in [1.165, 1.54) is 6.42 Å². The molecule has 1 aromatic rings. The van der Waals surface area contributed by atoms with Gasteiger partial charge in [-0.1, -0.05) is 6.42 Å². The predicted molar refractivity (Wildman–Crippen MR) is 78.2 cm³/mol. The Morgan fingerprint density at radius 2 is 2.05 bits per heavy atom. The van der Waals surface area contributed by atoms with Crippen LogP contribution in [0.4, 0.5) is 0 Å². The third-order valence-electron chi connectivity index (χ3n) is 3.81. The van der Waals surface area contributed by atoms with Crippen molar-refractivity contribution in [3.8, 4) is 5.75 Å². The standard InChI is InChI=1S/C16H23NO3/c1-2-20-15-8-6-13(7-9-15)16(19)12-17(10-11-18)14-4-3-5-14/h6-9,14,18H,2-5,10-12H2,1H3. The monoisotopic (exact) mass is 277 g/mol. The average Bonchev–Trinajstić information content (AvgIpc) is 2.38. The quantitative estimate of drug-likeness (QED) is 0.739. The van der Waals surface area contributed by atoms with E-state index in [2.05, 4.69) is 4.90 Å². The summed E-state index contributed by atoms with van der Waals surface area (Å²) in [6.45, 7) is 3.63. The third kappa shape index (κ3) is 3.81. The van der Waals surface area contributed by atoms with Gasteiger partial charge in [-0.25, -0.2) is 0 Å². The Labute approximate surface area is 120 Å². The number of nitrogens with zero attached hydrogens (tertiary/aromatic N) is 1. The van der Waals surface area contributed by atoms with Crippen molar-refractivity contribution in [3.63, 3.8) is 0 Å². The molecule has 4 heteroatoms. The van der Waals surface area contributed by atoms with E-state index < -0.39 is 0 Å². The number of carbonyl (C=O) groups is 1. The van der Waals surface area contributed by atoms with Crippen molar-refractivity contribution >= 4 is 5.78 Å². The van der Waals surface area contributed by atoms with Crippen molar-refractivity contribution in [2.75, 3.05) is 26.3 Å². The van der Waals surface area contributed by atoms with Crippen LogP contribution in [-0.4, -0.2) is 48.1 Å². The predicted octanol–water partition coefficient (Wildman–Crippen LogP) is 2.11. The summed E-state index contributed by atoms with van der Waals surface area (Å²) in [6, 6.07) is 7.75. The summed E-state index contributed by atoms with van der Waals surface area (Å²) in [5, 5.41) is 9.11. The van der Waals surface area contributed by atoms with Gasteiger partial charge in [0.15, 0.2) is 5.78 Å². The van der Waals surface area contributed by atoms with Crippen LogP contribution in [0.1, 0.15) is 36.5 Å². The number of benzene rings is 1. The molecular weight excluding hydrogens is 254 g/mol. The first-order valence-corrected chi connectivity index (χ1v) is 7.35. The molecule has 0 aliphatic heterocycles. The summed E-state index contributed by atoms with van der Waals surface area (Å²) >= 11 is 0. The first-order chi connectivity index (χ1) is 9.74. The minimum Gasteiger partial charge on any atom is -0.494 e. The van der Waals surface area contributed by atoms with Gasteiger partial charge in [0, 0.05) is 18.2 Å². The van der Waals surface area contributed by atoms with Gasteiger partial charge in [0.2, 0.25) is 0 Å². The second kappa shape index (κ2) is 7.41. The smallest absolute Gasteiger partial charge is 0.176 e. The van der Waals surface area contributed by atoms with E-state index >= 15 is 0 Å². The zero-order valence-electron chi connectivity index (χ0n) is 12.0. The van der Waals surface area contributed by atoms with Gasteiger partial charge in [-0.3, -0.25) is 9.69 Å². The molecule has 0 unspecified atom stereocenters. The lowest BCUT2D eigenvalue weighted by atomic mass is 9.91. The lowest BCUT2D eigenvalue weighted by Gasteiger charge is -2.36. The minimum atomic E-state index is 0.104. The molecule has 1 fully saturated rings. The van der Waals surface area contributed by atoms with E-state index in [9.17, 15) is 4.79 Å². The maximum Gasteiger partial charge on any atom is 0.176 e. The van der Waals surface area contributed by atoms with E-state index in [0.29, 0.717) is 31.3 Å². The molecule has 2 rings (SSSR count). The summed E-state index contributed by atoms with van der Waals surface area (Å²) in [6.07, 6.45) is 3.50. The van der Waals surface area contributed by atoms with Crippen molar-refractivity contribution in [3.05, 3.63) is 29.8 Å². The van der Waals surface area contributed by atoms with E-state index in [0.717, 1.165) is 18.6 Å². The molecule has 1 N–H and O–H groups in total. The number of hydrogen-bond donors (Lipinski definition) is 1. The van der Waals surface area contributed by atoms with Gasteiger partial charge < -0.3 is 9.84 Å². The molecule has 0 atom stereocenters. The highest BCUT2D eigenvalue weighted by Gasteiger charge is 2.26. The van der Waals surface area contributed by atoms with Crippen LogP contribution in [0.3, 0.4) is 0 Å². The first-order valence-electron chi connectivity index (χ1n) is 7.35. The summed E-state index contributed by atoms with van der Waals surface area (Å²) in [5.41, 5.74) is 0.704. The molecule has 1 aliphatic rings. The second-order valence-corrected chi connectivity index (χ2v) is 5.16. The third-order valence-corrected chi connectivity index (χ3v) is 3.81. The first kappa shape index (κ1) is 15.0. The summed E-state index contributed by atoms with van der Waals surface area (Å²) in [7, 11) is 0. The molecule has 1 aromatic carbocycles. The Morgan fingerprint density at radius 1 is 1.35 bits per heavy atom. The van der Waals surface area contributed by atoms with E-state index in [4.69, 9.17) is 9.84 Å². The van der Waals surface area contributed by atoms with Gasteiger partial charge in [-0.2, -0.15) is 0 Å². The van der Waals surface area contributed by atoms with Gasteiger partial charge >= 0.3 is 0 Å². The number of carbonyl (C=O) groups excluding carboxylic acids is 1. The number of hydrogen-bond acceptors (Lipinski definition) is 4. The maximum atomic E-state index is 12.3. The molecule has 4 nitrogen and oxygen atoms in total. The fourth-order valence-electron chi connectivity index (χ4n) is 2.45. The molecule has 0 aromatic heterocycles. The topological polar surface area (TPSA) is 49.8 Å². The van der Waals surface area contributed by atoms with Crippen LogP contribution in [0.25, 0.3) is 0 Å². The number of Topliss-reactive ketones (excluding diaryl/α,β-unsaturated/α-hetero) is 1. The largest absolute Gasteiger partial charge is 0.494 e. The molecule has 110 valence electrons. The number of ether oxygens (including phenoxy) is 1. The van der Waals surface area contributed by atoms with Crippen LogP contribution in [0.2, 0.25) is 0 Å². The van der Waals surface area contributed by atoms with E-state index in [1.54, 1.807) is 0 Å². The zero-order chi connectivity index (χ0) is 14.4. The molecule has 1 aliphatic carbocycles. The molecule has 0 heterocycles. The number of aliphatic hydroxyl groups is 1. The number of rotatable bonds is 8. The molecule has 1 saturated carbocycles. The lowest BCUT2D eigenvalue weighted by molar-refractivity contribution is 0.0747. The summed E-state index contributed by atoms with van der Waals surface area (Å²) in [5.74, 6) is 0.892. The van der Waals surface area contributed by atoms with Gasteiger partial charge in [0.05, 0.1) is 19.8 Å². The number of ketones is 1. The van der Waals surface area contributed by atoms with Crippen molar-refractivity contribution < 1.29 is 14.6 Å². The highest BCUT2D eigenvalue weighted by Crippen LogP contribution is 2.24. The average molecular weight is 277 g/mol. The van der Waals surface area contributed by atoms with Gasteiger partial charge in [-0.05, 0) is 44.0 Å². The Kier molecular flexibility index (Phi) is 5.56. The van der Waals surface area contributed by atoms with Crippen LogP contribution >= 0.6 is 0 Å². The second-order valence-electron chi connectivity index (χ2n) is 5.16. The lowest BCUT2D eigenvalue weighted by Crippen LogP contribution is -2.44. The summed E-state index contributed by atoms with van der Waals surface area (Å²) < 4.78 is 5.37. The number of aliphatic hydroxyl groups excluding tert-OH is 1. The minimum absolute atomic E-state index is 0.104. The SMILES string of the molecule is CCOc1ccc(C(=O)CN(CCO)C2CCC2)cc1. The van der Waals surface area contributed by atoms with Crippen LogP contribution < -0.4 is 4.74 Å². The maximum absolute atomic E-state index is 12.3. The molecule has 0 radical (unpaired) electrons. The van der Waals surface area contributed by atoms with Crippen LogP contribution in [-0.2, 0) is 0 Å².